The zero-order valence-corrected chi connectivity index (χ0v) is 18.0. The zero-order chi connectivity index (χ0) is 23.3. The quantitative estimate of drug-likeness (QED) is 0.391. The number of carbonyl (C=O) groups is 2. The Hall–Kier alpha value is -4.79. The number of nitrogens with zero attached hydrogens (tertiary/aromatic N) is 4. The Balaban J connectivity index is 1.44. The van der Waals surface area contributed by atoms with E-state index in [9.17, 15) is 9.59 Å². The summed E-state index contributed by atoms with van der Waals surface area (Å²) in [6.07, 6.45) is 6.35. The summed E-state index contributed by atoms with van der Waals surface area (Å²) in [5.41, 5.74) is 2.96. The molecule has 1 aromatic carbocycles. The first kappa shape index (κ1) is 21.1. The summed E-state index contributed by atoms with van der Waals surface area (Å²) < 4.78 is 7.13. The first-order valence-corrected chi connectivity index (χ1v) is 10.6. The topological polar surface area (TPSA) is 115 Å². The lowest BCUT2D eigenvalue weighted by Gasteiger charge is -2.10. The van der Waals surface area contributed by atoms with Gasteiger partial charge in [0.25, 0.3) is 5.91 Å². The number of nitrogens with one attached hydrogen (secondary N) is 2. The molecule has 0 aliphatic heterocycles. The Morgan fingerprint density at radius 3 is 2.65 bits per heavy atom. The summed E-state index contributed by atoms with van der Waals surface area (Å²) in [4.78, 5) is 34.2. The summed E-state index contributed by atoms with van der Waals surface area (Å²) in [6.45, 7) is 0.176. The number of benzene rings is 1. The molecule has 0 saturated heterocycles. The molecule has 5 rings (SSSR count). The first-order chi connectivity index (χ1) is 16.7. The third-order valence-electron chi connectivity index (χ3n) is 5.16. The van der Waals surface area contributed by atoms with Crippen LogP contribution in [0.5, 0.6) is 0 Å². The SMILES string of the molecule is O=C(CNC(=O)c1cc(-c2ccccc2)nc2c1cnn2Cc1ccco1)Nc1cccnc1. The number of fused-ring (bicyclic) bond motifs is 1. The fourth-order valence-electron chi connectivity index (χ4n) is 3.56. The number of pyridine rings is 2. The second-order valence-corrected chi connectivity index (χ2v) is 7.51. The van der Waals surface area contributed by atoms with Crippen LogP contribution in [0.25, 0.3) is 22.3 Å². The molecular weight excluding hydrogens is 432 g/mol. The average molecular weight is 452 g/mol. The number of hydrogen-bond donors (Lipinski definition) is 2. The summed E-state index contributed by atoms with van der Waals surface area (Å²) in [5.74, 6) is -0.0399. The normalized spacial score (nSPS) is 10.8. The van der Waals surface area contributed by atoms with Gasteiger partial charge < -0.3 is 15.1 Å². The van der Waals surface area contributed by atoms with Gasteiger partial charge in [0, 0.05) is 11.8 Å². The highest BCUT2D eigenvalue weighted by Crippen LogP contribution is 2.25. The van der Waals surface area contributed by atoms with Crippen LogP contribution in [0.1, 0.15) is 16.1 Å². The third-order valence-corrected chi connectivity index (χ3v) is 5.16. The van der Waals surface area contributed by atoms with Crippen LogP contribution in [0.15, 0.2) is 89.9 Å². The third kappa shape index (κ3) is 4.53. The molecule has 5 aromatic rings. The predicted octanol–water partition coefficient (Wildman–Crippen LogP) is 3.50. The van der Waals surface area contributed by atoms with Crippen LogP contribution in [-0.2, 0) is 11.3 Å². The summed E-state index contributed by atoms with van der Waals surface area (Å²) in [7, 11) is 0. The second-order valence-electron chi connectivity index (χ2n) is 7.51. The van der Waals surface area contributed by atoms with Crippen LogP contribution < -0.4 is 10.6 Å². The van der Waals surface area contributed by atoms with E-state index in [0.29, 0.717) is 34.5 Å². The Kier molecular flexibility index (Phi) is 5.81. The van der Waals surface area contributed by atoms with E-state index in [2.05, 4.69) is 20.7 Å². The highest BCUT2D eigenvalue weighted by atomic mass is 16.3. The van der Waals surface area contributed by atoms with Gasteiger partial charge in [-0.1, -0.05) is 30.3 Å². The van der Waals surface area contributed by atoms with Gasteiger partial charge in [0.2, 0.25) is 5.91 Å². The van der Waals surface area contributed by atoms with Gasteiger partial charge in [-0.2, -0.15) is 5.10 Å². The molecule has 4 aromatic heterocycles. The predicted molar refractivity (Wildman–Crippen MR) is 126 cm³/mol. The van der Waals surface area contributed by atoms with E-state index in [1.165, 1.54) is 6.20 Å². The van der Waals surface area contributed by atoms with Crippen LogP contribution in [0.2, 0.25) is 0 Å². The van der Waals surface area contributed by atoms with Crippen LogP contribution in [0, 0.1) is 0 Å². The van der Waals surface area contributed by atoms with Gasteiger partial charge in [0.05, 0.1) is 47.5 Å². The summed E-state index contributed by atoms with van der Waals surface area (Å²) in [5, 5.41) is 10.4. The van der Waals surface area contributed by atoms with Gasteiger partial charge in [0.1, 0.15) is 12.3 Å². The first-order valence-electron chi connectivity index (χ1n) is 10.6. The molecule has 168 valence electrons. The zero-order valence-electron chi connectivity index (χ0n) is 18.0. The number of anilines is 1. The molecule has 0 fully saturated rings. The average Bonchev–Trinajstić information content (AvgIpc) is 3.54. The number of aromatic nitrogens is 4. The molecule has 2 N–H and O–H groups in total. The molecular formula is C25H20N6O3. The van der Waals surface area contributed by atoms with Gasteiger partial charge in [-0.25, -0.2) is 9.67 Å². The Labute approximate surface area is 194 Å². The Bertz CT molecular complexity index is 1430. The summed E-state index contributed by atoms with van der Waals surface area (Å²) in [6, 6.07) is 18.4. The van der Waals surface area contributed by atoms with Crippen molar-refractivity contribution >= 4 is 28.5 Å². The van der Waals surface area contributed by atoms with E-state index in [0.717, 1.165) is 11.3 Å². The smallest absolute Gasteiger partial charge is 0.252 e. The molecule has 0 aliphatic carbocycles. The van der Waals surface area contributed by atoms with Gasteiger partial charge >= 0.3 is 0 Å². The molecule has 9 nitrogen and oxygen atoms in total. The Morgan fingerprint density at radius 1 is 1.00 bits per heavy atom. The minimum Gasteiger partial charge on any atom is -0.467 e. The highest BCUT2D eigenvalue weighted by molar-refractivity contribution is 6.08. The van der Waals surface area contributed by atoms with Gasteiger partial charge in [0.15, 0.2) is 5.65 Å². The Morgan fingerprint density at radius 2 is 1.88 bits per heavy atom. The van der Waals surface area contributed by atoms with Crippen molar-refractivity contribution in [3.05, 3.63) is 96.8 Å². The largest absolute Gasteiger partial charge is 0.467 e. The second kappa shape index (κ2) is 9.37. The molecule has 0 unspecified atom stereocenters. The standard InChI is InChI=1S/C25H20N6O3/c32-23(29-18-8-4-10-26-13-18)15-27-25(33)20-12-22(17-6-2-1-3-7-17)30-24-21(20)14-28-31(24)16-19-9-5-11-34-19/h1-14H,15-16H2,(H,27,33)(H,29,32). The van der Waals surface area contributed by atoms with Crippen molar-refractivity contribution in [2.45, 2.75) is 6.54 Å². The van der Waals surface area contributed by atoms with E-state index in [4.69, 9.17) is 9.40 Å². The number of rotatable bonds is 7. The molecule has 4 heterocycles. The molecule has 34 heavy (non-hydrogen) atoms. The molecule has 0 spiro atoms. The van der Waals surface area contributed by atoms with Crippen molar-refractivity contribution in [3.63, 3.8) is 0 Å². The minimum absolute atomic E-state index is 0.196. The number of furan rings is 1. The van der Waals surface area contributed by atoms with E-state index in [1.807, 2.05) is 36.4 Å². The van der Waals surface area contributed by atoms with Gasteiger partial charge in [-0.05, 0) is 30.3 Å². The van der Waals surface area contributed by atoms with Crippen LogP contribution in [0.3, 0.4) is 0 Å². The fourth-order valence-corrected chi connectivity index (χ4v) is 3.56. The highest BCUT2D eigenvalue weighted by Gasteiger charge is 2.19. The molecule has 0 bridgehead atoms. The lowest BCUT2D eigenvalue weighted by molar-refractivity contribution is -0.115. The van der Waals surface area contributed by atoms with Crippen molar-refractivity contribution in [2.75, 3.05) is 11.9 Å². The van der Waals surface area contributed by atoms with Crippen molar-refractivity contribution in [3.8, 4) is 11.3 Å². The maximum Gasteiger partial charge on any atom is 0.252 e. The van der Waals surface area contributed by atoms with E-state index < -0.39 is 5.91 Å². The number of carbonyl (C=O) groups excluding carboxylic acids is 2. The maximum absolute atomic E-state index is 13.1. The maximum atomic E-state index is 13.1. The fraction of sp³-hybridized carbons (Fsp3) is 0.0800. The lowest BCUT2D eigenvalue weighted by atomic mass is 10.1. The molecule has 0 atom stereocenters. The van der Waals surface area contributed by atoms with E-state index in [-0.39, 0.29) is 12.5 Å². The molecule has 9 heteroatoms. The number of hydrogen-bond acceptors (Lipinski definition) is 6. The number of amides is 2. The van der Waals surface area contributed by atoms with E-state index >= 15 is 0 Å². The summed E-state index contributed by atoms with van der Waals surface area (Å²) >= 11 is 0. The van der Waals surface area contributed by atoms with Crippen molar-refractivity contribution in [1.82, 2.24) is 25.1 Å². The van der Waals surface area contributed by atoms with E-state index in [1.54, 1.807) is 47.6 Å². The van der Waals surface area contributed by atoms with Crippen molar-refractivity contribution in [1.29, 1.82) is 0 Å². The van der Waals surface area contributed by atoms with Crippen molar-refractivity contribution in [2.24, 2.45) is 0 Å². The van der Waals surface area contributed by atoms with Crippen LogP contribution in [-0.4, -0.2) is 38.1 Å². The monoisotopic (exact) mass is 452 g/mol. The molecule has 0 saturated carbocycles. The van der Waals surface area contributed by atoms with Gasteiger partial charge in [-0.15, -0.1) is 0 Å². The van der Waals surface area contributed by atoms with Crippen LogP contribution in [0.4, 0.5) is 5.69 Å². The molecule has 0 radical (unpaired) electrons. The van der Waals surface area contributed by atoms with Crippen LogP contribution >= 0.6 is 0 Å². The molecule has 0 aliphatic rings. The molecule has 2 amide bonds. The van der Waals surface area contributed by atoms with Crippen molar-refractivity contribution < 1.29 is 14.0 Å². The lowest BCUT2D eigenvalue weighted by Crippen LogP contribution is -2.33. The van der Waals surface area contributed by atoms with Gasteiger partial charge in [-0.3, -0.25) is 14.6 Å². The minimum atomic E-state index is -0.400.